The van der Waals surface area contributed by atoms with Crippen LogP contribution in [0.3, 0.4) is 0 Å². The predicted molar refractivity (Wildman–Crippen MR) is 102 cm³/mol. The van der Waals surface area contributed by atoms with Crippen molar-refractivity contribution in [2.75, 3.05) is 5.32 Å². The molecule has 1 aliphatic rings. The van der Waals surface area contributed by atoms with Crippen LogP contribution >= 0.6 is 27.7 Å². The monoisotopic (exact) mass is 423 g/mol. The highest BCUT2D eigenvalue weighted by Crippen LogP contribution is 2.34. The zero-order valence-electron chi connectivity index (χ0n) is 13.5. The lowest BCUT2D eigenvalue weighted by atomic mass is 10.3. The van der Waals surface area contributed by atoms with Gasteiger partial charge in [-0.15, -0.1) is 11.8 Å². The molecule has 0 bridgehead atoms. The molecule has 1 saturated carbocycles. The molecule has 1 aromatic heterocycles. The van der Waals surface area contributed by atoms with Gasteiger partial charge in [-0.25, -0.2) is 4.79 Å². The minimum absolute atomic E-state index is 0.174. The van der Waals surface area contributed by atoms with Crippen molar-refractivity contribution in [3.05, 3.63) is 55.8 Å². The second-order valence-corrected chi connectivity index (χ2v) is 8.19. The van der Waals surface area contributed by atoms with Gasteiger partial charge in [-0.05, 0) is 53.0 Å². The van der Waals surface area contributed by atoms with Crippen molar-refractivity contribution in [3.8, 4) is 0 Å². The maximum absolute atomic E-state index is 12.1. The molecule has 1 fully saturated rings. The number of amides is 1. The quantitative estimate of drug-likeness (QED) is 0.773. The van der Waals surface area contributed by atoms with Crippen LogP contribution in [0.2, 0.25) is 0 Å². The van der Waals surface area contributed by atoms with Crippen molar-refractivity contribution in [1.82, 2.24) is 9.55 Å². The Balaban J connectivity index is 1.60. The molecule has 1 heterocycles. The van der Waals surface area contributed by atoms with Gasteiger partial charge in [0.25, 0.3) is 5.56 Å². The fourth-order valence-electron chi connectivity index (χ4n) is 2.77. The van der Waals surface area contributed by atoms with Gasteiger partial charge in [0.05, 0.1) is 4.47 Å². The number of nitrogens with zero attached hydrogens (tertiary/aromatic N) is 1. The average Bonchev–Trinajstić information content (AvgIpc) is 3.07. The van der Waals surface area contributed by atoms with E-state index in [-0.39, 0.29) is 16.9 Å². The van der Waals surface area contributed by atoms with Gasteiger partial charge < -0.3 is 5.32 Å². The number of anilines is 1. The third-order valence-electron chi connectivity index (χ3n) is 4.02. The summed E-state index contributed by atoms with van der Waals surface area (Å²) in [5, 5.41) is 3.46. The zero-order chi connectivity index (χ0) is 17.8. The van der Waals surface area contributed by atoms with Crippen LogP contribution in [0.4, 0.5) is 5.69 Å². The third kappa shape index (κ3) is 4.85. The molecule has 0 aliphatic heterocycles. The lowest BCUT2D eigenvalue weighted by Crippen LogP contribution is -2.33. The molecule has 8 heteroatoms. The molecule has 0 radical (unpaired) electrons. The fourth-order valence-corrected chi connectivity index (χ4v) is 4.36. The largest absolute Gasteiger partial charge is 0.328 e. The minimum atomic E-state index is -0.619. The van der Waals surface area contributed by atoms with Crippen LogP contribution in [-0.2, 0) is 11.3 Å². The number of nitrogens with one attached hydrogen (secondary N) is 2. The number of carbonyl (C=O) groups is 1. The third-order valence-corrected chi connectivity index (χ3v) is 5.94. The van der Waals surface area contributed by atoms with Gasteiger partial charge in [0.2, 0.25) is 5.91 Å². The summed E-state index contributed by atoms with van der Waals surface area (Å²) in [6.45, 7) is -0.174. The van der Waals surface area contributed by atoms with Crippen LogP contribution in [-0.4, -0.2) is 20.7 Å². The zero-order valence-corrected chi connectivity index (χ0v) is 15.9. The van der Waals surface area contributed by atoms with E-state index in [4.69, 9.17) is 0 Å². The summed E-state index contributed by atoms with van der Waals surface area (Å²) < 4.78 is 1.35. The molecule has 1 amide bonds. The number of aromatic nitrogens is 2. The second-order valence-electron chi connectivity index (χ2n) is 5.96. The van der Waals surface area contributed by atoms with Crippen LogP contribution < -0.4 is 16.6 Å². The first-order valence-corrected chi connectivity index (χ1v) is 9.74. The van der Waals surface area contributed by atoms with Crippen LogP contribution in [0.15, 0.2) is 49.4 Å². The number of carbonyl (C=O) groups excluding carboxylic acids is 1. The number of H-pyrrole nitrogens is 1. The minimum Gasteiger partial charge on any atom is -0.325 e. The molecule has 2 N–H and O–H groups in total. The molecule has 2 aromatic rings. The molecule has 3 rings (SSSR count). The molecule has 25 heavy (non-hydrogen) atoms. The van der Waals surface area contributed by atoms with E-state index in [2.05, 4.69) is 26.2 Å². The first-order valence-electron chi connectivity index (χ1n) is 8.07. The highest BCUT2D eigenvalue weighted by Gasteiger charge is 2.16. The molecule has 0 spiro atoms. The Bertz CT molecular complexity index is 870. The standard InChI is InChI=1S/C17H18BrN3O3S/c18-14-9-21(17(24)20-16(14)23)10-15(22)19-11-5-7-13(8-6-11)25-12-3-1-2-4-12/h5-9,12H,1-4,10H2,(H,19,22)(H,20,23,24). The van der Waals surface area contributed by atoms with Gasteiger partial charge in [-0.1, -0.05) is 12.8 Å². The number of hydrogen-bond acceptors (Lipinski definition) is 4. The van der Waals surface area contributed by atoms with Crippen molar-refractivity contribution in [2.24, 2.45) is 0 Å². The van der Waals surface area contributed by atoms with Gasteiger partial charge in [0.15, 0.2) is 0 Å². The molecule has 0 atom stereocenters. The normalized spacial score (nSPS) is 14.6. The Hall–Kier alpha value is -1.80. The summed E-state index contributed by atoms with van der Waals surface area (Å²) in [4.78, 5) is 38.5. The SMILES string of the molecule is O=C(Cn1cc(Br)c(=O)[nH]c1=O)Nc1ccc(SC2CCCC2)cc1. The number of halogens is 1. The number of benzene rings is 1. The van der Waals surface area contributed by atoms with Gasteiger partial charge in [-0.3, -0.25) is 19.1 Å². The van der Waals surface area contributed by atoms with Crippen molar-refractivity contribution >= 4 is 39.3 Å². The van der Waals surface area contributed by atoms with E-state index < -0.39 is 11.2 Å². The van der Waals surface area contributed by atoms with Crippen molar-refractivity contribution in [2.45, 2.75) is 42.4 Å². The van der Waals surface area contributed by atoms with Gasteiger partial charge in [-0.2, -0.15) is 0 Å². The maximum atomic E-state index is 12.1. The number of aromatic amines is 1. The number of rotatable bonds is 5. The molecule has 0 saturated heterocycles. The molecule has 0 unspecified atom stereocenters. The van der Waals surface area contributed by atoms with Gasteiger partial charge in [0, 0.05) is 22.0 Å². The van der Waals surface area contributed by atoms with E-state index in [0.29, 0.717) is 10.9 Å². The lowest BCUT2D eigenvalue weighted by molar-refractivity contribution is -0.116. The molecule has 6 nitrogen and oxygen atoms in total. The first kappa shape index (κ1) is 18.0. The molecule has 132 valence electrons. The predicted octanol–water partition coefficient (Wildman–Crippen LogP) is 2.97. The van der Waals surface area contributed by atoms with E-state index in [1.165, 1.54) is 36.8 Å². The van der Waals surface area contributed by atoms with E-state index in [1.807, 2.05) is 36.0 Å². The average molecular weight is 424 g/mol. The Morgan fingerprint density at radius 3 is 2.60 bits per heavy atom. The first-order chi connectivity index (χ1) is 12.0. The van der Waals surface area contributed by atoms with E-state index in [0.717, 1.165) is 4.57 Å². The topological polar surface area (TPSA) is 84.0 Å². The van der Waals surface area contributed by atoms with E-state index >= 15 is 0 Å². The summed E-state index contributed by atoms with van der Waals surface area (Å²) in [5.41, 5.74) is -0.457. The van der Waals surface area contributed by atoms with Gasteiger partial charge >= 0.3 is 5.69 Å². The fraction of sp³-hybridized carbons (Fsp3) is 0.353. The Kier molecular flexibility index (Phi) is 5.80. The highest BCUT2D eigenvalue weighted by molar-refractivity contribution is 9.10. The van der Waals surface area contributed by atoms with Crippen LogP contribution in [0, 0.1) is 0 Å². The van der Waals surface area contributed by atoms with E-state index in [1.54, 1.807) is 0 Å². The smallest absolute Gasteiger partial charge is 0.325 e. The van der Waals surface area contributed by atoms with Crippen LogP contribution in [0.25, 0.3) is 0 Å². The van der Waals surface area contributed by atoms with E-state index in [9.17, 15) is 14.4 Å². The Morgan fingerprint density at radius 2 is 1.92 bits per heavy atom. The Morgan fingerprint density at radius 1 is 1.24 bits per heavy atom. The van der Waals surface area contributed by atoms with Gasteiger partial charge in [0.1, 0.15) is 6.54 Å². The maximum Gasteiger partial charge on any atom is 0.328 e. The summed E-state index contributed by atoms with van der Waals surface area (Å²) in [6.07, 6.45) is 6.47. The van der Waals surface area contributed by atoms with Crippen LogP contribution in [0.5, 0.6) is 0 Å². The highest BCUT2D eigenvalue weighted by atomic mass is 79.9. The number of hydrogen-bond donors (Lipinski definition) is 2. The van der Waals surface area contributed by atoms with Crippen molar-refractivity contribution < 1.29 is 4.79 Å². The summed E-state index contributed by atoms with van der Waals surface area (Å²) >= 11 is 4.93. The van der Waals surface area contributed by atoms with Crippen molar-refractivity contribution in [1.29, 1.82) is 0 Å². The number of thioether (sulfide) groups is 1. The lowest BCUT2D eigenvalue weighted by Gasteiger charge is -2.10. The summed E-state index contributed by atoms with van der Waals surface area (Å²) in [5.74, 6) is -0.336. The summed E-state index contributed by atoms with van der Waals surface area (Å²) in [7, 11) is 0. The Labute approximate surface area is 157 Å². The second kappa shape index (κ2) is 8.05. The molecule has 1 aliphatic carbocycles. The van der Waals surface area contributed by atoms with Crippen molar-refractivity contribution in [3.63, 3.8) is 0 Å². The summed E-state index contributed by atoms with van der Waals surface area (Å²) in [6, 6.07) is 7.73. The van der Waals surface area contributed by atoms with Crippen LogP contribution in [0.1, 0.15) is 25.7 Å². The molecule has 1 aromatic carbocycles. The molecular formula is C17H18BrN3O3S. The molecular weight excluding hydrogens is 406 g/mol.